The van der Waals surface area contributed by atoms with Crippen molar-refractivity contribution in [2.24, 2.45) is 0 Å². The lowest BCUT2D eigenvalue weighted by atomic mass is 9.84. The van der Waals surface area contributed by atoms with Crippen LogP contribution in [0.25, 0.3) is 94.6 Å². The van der Waals surface area contributed by atoms with E-state index in [1.165, 1.54) is 21.9 Å². The van der Waals surface area contributed by atoms with E-state index in [1.54, 1.807) is 0 Å². The molecule has 1 N–H and O–H groups in total. The molecule has 0 radical (unpaired) electrons. The lowest BCUT2D eigenvalue weighted by Gasteiger charge is -2.21. The summed E-state index contributed by atoms with van der Waals surface area (Å²) in [5.74, 6) is 0.869. The number of benzene rings is 7. The van der Waals surface area contributed by atoms with Crippen LogP contribution >= 0.6 is 0 Å². The number of hydrogen-bond donors (Lipinski definition) is 1. The fraction of sp³-hybridized carbons (Fsp3) is 0.140. The third kappa shape index (κ3) is 6.84. The van der Waals surface area contributed by atoms with Crippen molar-refractivity contribution >= 4 is 32.8 Å². The second-order valence-corrected chi connectivity index (χ2v) is 18.4. The van der Waals surface area contributed by atoms with Crippen LogP contribution in [0.4, 0.5) is 0 Å². The molecule has 62 heavy (non-hydrogen) atoms. The molecule has 0 saturated carbocycles. The molecule has 5 nitrogen and oxygen atoms in total. The van der Waals surface area contributed by atoms with Crippen LogP contribution in [0, 0.1) is 11.3 Å². The molecule has 10 aromatic rings. The normalized spacial score (nSPS) is 12.0. The van der Waals surface area contributed by atoms with Crippen molar-refractivity contribution in [1.82, 2.24) is 19.5 Å². The summed E-state index contributed by atoms with van der Waals surface area (Å²) < 4.78 is 2.32. The second-order valence-electron chi connectivity index (χ2n) is 18.4. The highest BCUT2D eigenvalue weighted by molar-refractivity contribution is 6.13. The van der Waals surface area contributed by atoms with E-state index in [4.69, 9.17) is 9.97 Å². The number of imidazole rings is 1. The number of nitrogens with one attached hydrogen (secondary N) is 1. The molecule has 3 heterocycles. The highest BCUT2D eigenvalue weighted by Crippen LogP contribution is 2.43. The lowest BCUT2D eigenvalue weighted by molar-refractivity contribution is 0.590. The molecule has 0 spiro atoms. The Morgan fingerprint density at radius 3 is 1.87 bits per heavy atom. The third-order valence-electron chi connectivity index (χ3n) is 12.1. The molecule has 0 aliphatic rings. The number of hydrogen-bond acceptors (Lipinski definition) is 3. The summed E-state index contributed by atoms with van der Waals surface area (Å²) >= 11 is 0. The van der Waals surface area contributed by atoms with Gasteiger partial charge in [0.15, 0.2) is 0 Å². The molecule has 3 aromatic heterocycles. The quantitative estimate of drug-likeness (QED) is 0.182. The Labute approximate surface area is 363 Å². The minimum Gasteiger partial charge on any atom is -0.354 e. The molecule has 5 heteroatoms. The van der Waals surface area contributed by atoms with Gasteiger partial charge in [0.1, 0.15) is 5.82 Å². The average molecular weight is 802 g/mol. The molecule has 0 saturated heterocycles. The van der Waals surface area contributed by atoms with Gasteiger partial charge in [-0.15, -0.1) is 0 Å². The summed E-state index contributed by atoms with van der Waals surface area (Å²) in [6.45, 7) is 13.7. The van der Waals surface area contributed by atoms with Gasteiger partial charge in [-0.25, -0.2) is 4.98 Å². The van der Waals surface area contributed by atoms with Crippen molar-refractivity contribution < 1.29 is 0 Å². The number of rotatable bonds is 6. The van der Waals surface area contributed by atoms with Gasteiger partial charge >= 0.3 is 0 Å². The summed E-state index contributed by atoms with van der Waals surface area (Å²) in [4.78, 5) is 14.5. The summed E-state index contributed by atoms with van der Waals surface area (Å²) in [5, 5.41) is 12.8. The van der Waals surface area contributed by atoms with Gasteiger partial charge in [-0.3, -0.25) is 9.55 Å². The number of H-pyrrole nitrogens is 1. The van der Waals surface area contributed by atoms with Gasteiger partial charge in [0.05, 0.1) is 33.9 Å². The largest absolute Gasteiger partial charge is 0.354 e. The van der Waals surface area contributed by atoms with E-state index in [2.05, 4.69) is 178 Å². The van der Waals surface area contributed by atoms with Gasteiger partial charge in [-0.1, -0.05) is 139 Å². The van der Waals surface area contributed by atoms with Crippen LogP contribution < -0.4 is 0 Å². The summed E-state index contributed by atoms with van der Waals surface area (Å²) in [7, 11) is 0. The topological polar surface area (TPSA) is 70.3 Å². The van der Waals surface area contributed by atoms with E-state index in [0.717, 1.165) is 83.8 Å². The Hall–Kier alpha value is -7.55. The van der Waals surface area contributed by atoms with Crippen molar-refractivity contribution in [3.8, 4) is 67.8 Å². The van der Waals surface area contributed by atoms with Crippen LogP contribution in [0.3, 0.4) is 0 Å². The number of aromatic nitrogens is 4. The fourth-order valence-corrected chi connectivity index (χ4v) is 8.71. The highest BCUT2D eigenvalue weighted by atomic mass is 15.1. The third-order valence-corrected chi connectivity index (χ3v) is 12.1. The molecular formula is C57H47N5. The zero-order valence-corrected chi connectivity index (χ0v) is 36.0. The fourth-order valence-electron chi connectivity index (χ4n) is 8.71. The second kappa shape index (κ2) is 14.9. The number of pyridine rings is 1. The molecule has 0 bridgehead atoms. The molecule has 7 aromatic carbocycles. The van der Waals surface area contributed by atoms with Crippen LogP contribution in [0.15, 0.2) is 170 Å². The Bertz CT molecular complexity index is 3350. The van der Waals surface area contributed by atoms with E-state index in [0.29, 0.717) is 5.56 Å². The predicted molar refractivity (Wildman–Crippen MR) is 258 cm³/mol. The monoisotopic (exact) mass is 801 g/mol. The number of aromatic amines is 1. The SMILES string of the molecule is CC(C)(C)c1ccc2[nH]c3c(-c4nc5c(-c6cc(-c7ccccc7)cc(-c7cc(C#N)c(-c8ccccc8)cn7)c6)cccc5n4-c4ccccc4)cc(C(C)(C)C)cc3c2c1. The summed E-state index contributed by atoms with van der Waals surface area (Å²) in [5.41, 5.74) is 16.8. The smallest absolute Gasteiger partial charge is 0.147 e. The molecule has 0 fully saturated rings. The van der Waals surface area contributed by atoms with Crippen LogP contribution in [0.1, 0.15) is 58.2 Å². The van der Waals surface area contributed by atoms with E-state index < -0.39 is 0 Å². The van der Waals surface area contributed by atoms with Crippen molar-refractivity contribution in [3.63, 3.8) is 0 Å². The maximum Gasteiger partial charge on any atom is 0.147 e. The van der Waals surface area contributed by atoms with Crippen LogP contribution in [0.2, 0.25) is 0 Å². The first-order valence-corrected chi connectivity index (χ1v) is 21.3. The van der Waals surface area contributed by atoms with Gasteiger partial charge in [0, 0.05) is 50.4 Å². The summed E-state index contributed by atoms with van der Waals surface area (Å²) in [6.07, 6.45) is 1.83. The van der Waals surface area contributed by atoms with Crippen molar-refractivity contribution in [3.05, 3.63) is 187 Å². The summed E-state index contributed by atoms with van der Waals surface area (Å²) in [6, 6.07) is 60.0. The molecule has 0 aliphatic heterocycles. The predicted octanol–water partition coefficient (Wildman–Crippen LogP) is 14.9. The maximum atomic E-state index is 10.4. The molecule has 0 aliphatic carbocycles. The van der Waals surface area contributed by atoms with Crippen molar-refractivity contribution in [1.29, 1.82) is 5.26 Å². The molecule has 0 amide bonds. The van der Waals surface area contributed by atoms with Crippen molar-refractivity contribution in [2.75, 3.05) is 0 Å². The van der Waals surface area contributed by atoms with E-state index in [1.807, 2.05) is 48.7 Å². The zero-order valence-electron chi connectivity index (χ0n) is 36.0. The number of nitrogens with zero attached hydrogens (tertiary/aromatic N) is 4. The van der Waals surface area contributed by atoms with E-state index in [-0.39, 0.29) is 10.8 Å². The lowest BCUT2D eigenvalue weighted by Crippen LogP contribution is -2.11. The first kappa shape index (κ1) is 38.6. The van der Waals surface area contributed by atoms with Gasteiger partial charge in [0.25, 0.3) is 0 Å². The Balaban J connectivity index is 1.24. The maximum absolute atomic E-state index is 10.4. The first-order chi connectivity index (χ1) is 29.9. The Morgan fingerprint density at radius 1 is 0.532 bits per heavy atom. The number of nitriles is 1. The number of fused-ring (bicyclic) bond motifs is 4. The van der Waals surface area contributed by atoms with Gasteiger partial charge in [-0.2, -0.15) is 5.26 Å². The van der Waals surface area contributed by atoms with Gasteiger partial charge in [0.2, 0.25) is 0 Å². The van der Waals surface area contributed by atoms with Gasteiger partial charge in [-0.05, 0) is 111 Å². The van der Waals surface area contributed by atoms with Crippen molar-refractivity contribution in [2.45, 2.75) is 52.4 Å². The minimum atomic E-state index is -0.115. The van der Waals surface area contributed by atoms with Crippen LogP contribution in [-0.2, 0) is 10.8 Å². The molecule has 0 unspecified atom stereocenters. The van der Waals surface area contributed by atoms with E-state index in [9.17, 15) is 5.26 Å². The molecule has 300 valence electrons. The standard InChI is InChI=1S/C57H47N5/c1-56(2,3)42-25-26-50-46(31-42)47-32-43(57(4,5)6)33-48(53(47)60-50)55-61-54-45(23-16-24-52(54)62(55)44-21-14-9-15-22-44)39-27-38(36-17-10-7-11-18-36)28-40(29-39)51-30-41(34-58)49(35-59-51)37-19-12-8-13-20-37/h7-33,35,60H,1-6H3. The minimum absolute atomic E-state index is 0.0112. The van der Waals surface area contributed by atoms with E-state index >= 15 is 0 Å². The molecule has 10 rings (SSSR count). The van der Waals surface area contributed by atoms with Crippen LogP contribution in [0.5, 0.6) is 0 Å². The first-order valence-electron chi connectivity index (χ1n) is 21.3. The average Bonchev–Trinajstić information content (AvgIpc) is 3.87. The Morgan fingerprint density at radius 2 is 1.18 bits per heavy atom. The molecule has 0 atom stereocenters. The Kier molecular flexibility index (Phi) is 9.27. The highest BCUT2D eigenvalue weighted by Gasteiger charge is 2.25. The molecular weight excluding hydrogens is 755 g/mol. The zero-order chi connectivity index (χ0) is 42.8. The van der Waals surface area contributed by atoms with Gasteiger partial charge < -0.3 is 4.98 Å². The number of para-hydroxylation sites is 2. The van der Waals surface area contributed by atoms with Crippen LogP contribution in [-0.4, -0.2) is 19.5 Å².